The summed E-state index contributed by atoms with van der Waals surface area (Å²) in [6.07, 6.45) is 0. The first-order valence-electron chi connectivity index (χ1n) is 7.39. The second-order valence-corrected chi connectivity index (χ2v) is 7.10. The van der Waals surface area contributed by atoms with E-state index in [4.69, 9.17) is 23.2 Å². The van der Waals surface area contributed by atoms with E-state index in [1.807, 2.05) is 6.07 Å². The van der Waals surface area contributed by atoms with Gasteiger partial charge in [-0.3, -0.25) is 5.32 Å². The van der Waals surface area contributed by atoms with Crippen molar-refractivity contribution in [3.8, 4) is 10.4 Å². The number of hydrogen-bond acceptors (Lipinski definition) is 3. The summed E-state index contributed by atoms with van der Waals surface area (Å²) in [5.41, 5.74) is 1.31. The number of aromatic carboxylic acids is 1. The van der Waals surface area contributed by atoms with Gasteiger partial charge < -0.3 is 10.4 Å². The fourth-order valence-electron chi connectivity index (χ4n) is 2.22. The molecule has 0 unspecified atom stereocenters. The van der Waals surface area contributed by atoms with E-state index >= 15 is 0 Å². The number of carbonyl (C=O) groups is 2. The molecule has 0 bridgehead atoms. The van der Waals surface area contributed by atoms with E-state index in [0.717, 1.165) is 11.3 Å². The van der Waals surface area contributed by atoms with Gasteiger partial charge in [0.25, 0.3) is 0 Å². The van der Waals surface area contributed by atoms with Gasteiger partial charge in [0.2, 0.25) is 0 Å². The van der Waals surface area contributed by atoms with E-state index in [1.54, 1.807) is 42.5 Å². The van der Waals surface area contributed by atoms with Crippen LogP contribution in [0.15, 0.2) is 54.6 Å². The predicted molar refractivity (Wildman–Crippen MR) is 106 cm³/mol. The van der Waals surface area contributed by atoms with Gasteiger partial charge in [-0.2, -0.15) is 0 Å². The largest absolute Gasteiger partial charge is 0.478 e. The summed E-state index contributed by atoms with van der Waals surface area (Å²) < 4.78 is 0. The molecular weight excluding hydrogens is 395 g/mol. The SMILES string of the molecule is O=C(Nc1ccccc1)Nc1sc(-c2ccc(Cl)c(Cl)c2)cc1C(=O)O. The van der Waals surface area contributed by atoms with E-state index < -0.39 is 12.0 Å². The Balaban J connectivity index is 1.86. The maximum Gasteiger partial charge on any atom is 0.338 e. The van der Waals surface area contributed by atoms with Crippen molar-refractivity contribution < 1.29 is 14.7 Å². The van der Waals surface area contributed by atoms with Gasteiger partial charge >= 0.3 is 12.0 Å². The molecule has 2 aromatic carbocycles. The van der Waals surface area contributed by atoms with Crippen LogP contribution in [0, 0.1) is 0 Å². The van der Waals surface area contributed by atoms with Gasteiger partial charge in [-0.25, -0.2) is 9.59 Å². The van der Waals surface area contributed by atoms with Crippen LogP contribution in [-0.2, 0) is 0 Å². The summed E-state index contributed by atoms with van der Waals surface area (Å²) in [6.45, 7) is 0. The number of rotatable bonds is 4. The second kappa shape index (κ2) is 7.78. The molecule has 5 nitrogen and oxygen atoms in total. The third-order valence-electron chi connectivity index (χ3n) is 3.43. The van der Waals surface area contributed by atoms with Crippen LogP contribution in [0.3, 0.4) is 0 Å². The molecule has 132 valence electrons. The Morgan fingerprint density at radius 3 is 2.31 bits per heavy atom. The lowest BCUT2D eigenvalue weighted by atomic mass is 10.1. The zero-order valence-corrected chi connectivity index (χ0v) is 15.5. The van der Waals surface area contributed by atoms with Gasteiger partial charge in [0.1, 0.15) is 5.00 Å². The predicted octanol–water partition coefficient (Wildman–Crippen LogP) is 6.06. The Bertz CT molecular complexity index is 974. The molecule has 3 rings (SSSR count). The van der Waals surface area contributed by atoms with Crippen molar-refractivity contribution in [2.75, 3.05) is 10.6 Å². The molecule has 3 N–H and O–H groups in total. The van der Waals surface area contributed by atoms with Gasteiger partial charge in [-0.1, -0.05) is 47.5 Å². The highest BCUT2D eigenvalue weighted by Gasteiger charge is 2.18. The van der Waals surface area contributed by atoms with Crippen LogP contribution in [-0.4, -0.2) is 17.1 Å². The number of urea groups is 1. The van der Waals surface area contributed by atoms with Crippen molar-refractivity contribution in [1.82, 2.24) is 0 Å². The molecule has 0 saturated carbocycles. The lowest BCUT2D eigenvalue weighted by molar-refractivity contribution is 0.0698. The van der Waals surface area contributed by atoms with Crippen LogP contribution in [0.1, 0.15) is 10.4 Å². The molecule has 0 aliphatic heterocycles. The lowest BCUT2D eigenvalue weighted by Gasteiger charge is -2.06. The van der Waals surface area contributed by atoms with Crippen LogP contribution in [0.5, 0.6) is 0 Å². The van der Waals surface area contributed by atoms with Crippen molar-refractivity contribution >= 4 is 57.2 Å². The van der Waals surface area contributed by atoms with Crippen molar-refractivity contribution in [1.29, 1.82) is 0 Å². The summed E-state index contributed by atoms with van der Waals surface area (Å²) in [6, 6.07) is 14.8. The monoisotopic (exact) mass is 406 g/mol. The second-order valence-electron chi connectivity index (χ2n) is 5.23. The minimum absolute atomic E-state index is 0.000663. The van der Waals surface area contributed by atoms with Crippen LogP contribution in [0.25, 0.3) is 10.4 Å². The fraction of sp³-hybridized carbons (Fsp3) is 0. The molecule has 1 heterocycles. The molecule has 0 aliphatic carbocycles. The highest BCUT2D eigenvalue weighted by atomic mass is 35.5. The van der Waals surface area contributed by atoms with Crippen molar-refractivity contribution in [2.24, 2.45) is 0 Å². The van der Waals surface area contributed by atoms with Gasteiger partial charge in [-0.05, 0) is 35.9 Å². The highest BCUT2D eigenvalue weighted by Crippen LogP contribution is 2.37. The van der Waals surface area contributed by atoms with Crippen molar-refractivity contribution in [3.63, 3.8) is 0 Å². The standard InChI is InChI=1S/C18H12Cl2N2O3S/c19-13-7-6-10(8-14(13)20)15-9-12(17(23)24)16(26-15)22-18(25)21-11-4-2-1-3-5-11/h1-9H,(H,23,24)(H2,21,22,25). The topological polar surface area (TPSA) is 78.4 Å². The minimum Gasteiger partial charge on any atom is -0.478 e. The Labute approximate surface area is 163 Å². The van der Waals surface area contributed by atoms with Crippen LogP contribution in [0.2, 0.25) is 10.0 Å². The third kappa shape index (κ3) is 4.16. The first-order valence-corrected chi connectivity index (χ1v) is 8.97. The number of anilines is 2. The summed E-state index contributed by atoms with van der Waals surface area (Å²) in [5.74, 6) is -1.14. The van der Waals surface area contributed by atoms with Gasteiger partial charge in [-0.15, -0.1) is 11.3 Å². The molecule has 3 aromatic rings. The summed E-state index contributed by atoms with van der Waals surface area (Å²) in [7, 11) is 0. The molecule has 0 fully saturated rings. The summed E-state index contributed by atoms with van der Waals surface area (Å²) in [5, 5.41) is 15.7. The van der Waals surface area contributed by atoms with Gasteiger partial charge in [0, 0.05) is 10.6 Å². The number of benzene rings is 2. The molecular formula is C18H12Cl2N2O3S. The number of thiophene rings is 1. The molecule has 0 saturated heterocycles. The third-order valence-corrected chi connectivity index (χ3v) is 5.26. The molecule has 0 aliphatic rings. The number of halogens is 2. The Morgan fingerprint density at radius 1 is 0.923 bits per heavy atom. The molecule has 0 spiro atoms. The lowest BCUT2D eigenvalue weighted by Crippen LogP contribution is -2.19. The van der Waals surface area contributed by atoms with Crippen molar-refractivity contribution in [3.05, 3.63) is 70.2 Å². The zero-order chi connectivity index (χ0) is 18.7. The quantitative estimate of drug-likeness (QED) is 0.492. The summed E-state index contributed by atoms with van der Waals surface area (Å²) in [4.78, 5) is 24.3. The van der Waals surface area contributed by atoms with E-state index in [2.05, 4.69) is 10.6 Å². The van der Waals surface area contributed by atoms with Gasteiger partial charge in [0.15, 0.2) is 0 Å². The van der Waals surface area contributed by atoms with E-state index in [9.17, 15) is 14.7 Å². The zero-order valence-electron chi connectivity index (χ0n) is 13.1. The van der Waals surface area contributed by atoms with E-state index in [-0.39, 0.29) is 10.6 Å². The maximum atomic E-state index is 12.2. The number of carbonyl (C=O) groups excluding carboxylic acids is 1. The maximum absolute atomic E-state index is 12.2. The van der Waals surface area contributed by atoms with E-state index in [1.165, 1.54) is 6.07 Å². The summed E-state index contributed by atoms with van der Waals surface area (Å²) >= 11 is 13.1. The number of nitrogens with one attached hydrogen (secondary N) is 2. The minimum atomic E-state index is -1.14. The number of amides is 2. The Kier molecular flexibility index (Phi) is 5.46. The average Bonchev–Trinajstić information content (AvgIpc) is 3.02. The van der Waals surface area contributed by atoms with Crippen LogP contribution >= 0.6 is 34.5 Å². The molecule has 0 atom stereocenters. The molecule has 2 amide bonds. The van der Waals surface area contributed by atoms with Crippen LogP contribution < -0.4 is 10.6 Å². The average molecular weight is 407 g/mol. The highest BCUT2D eigenvalue weighted by molar-refractivity contribution is 7.20. The van der Waals surface area contributed by atoms with Gasteiger partial charge in [0.05, 0.1) is 15.6 Å². The molecule has 1 aromatic heterocycles. The first-order chi connectivity index (χ1) is 12.4. The molecule has 8 heteroatoms. The number of carboxylic acid groups (broad SMARTS) is 1. The molecule has 26 heavy (non-hydrogen) atoms. The first kappa shape index (κ1) is 18.3. The number of carboxylic acids is 1. The smallest absolute Gasteiger partial charge is 0.338 e. The fourth-order valence-corrected chi connectivity index (χ4v) is 3.56. The van der Waals surface area contributed by atoms with Crippen molar-refractivity contribution in [2.45, 2.75) is 0 Å². The number of para-hydroxylation sites is 1. The van der Waals surface area contributed by atoms with Crippen LogP contribution in [0.4, 0.5) is 15.5 Å². The Hall–Kier alpha value is -2.54. The normalized spacial score (nSPS) is 10.4. The number of hydrogen-bond donors (Lipinski definition) is 3. The Morgan fingerprint density at radius 2 is 1.65 bits per heavy atom. The molecule has 0 radical (unpaired) electrons. The van der Waals surface area contributed by atoms with E-state index in [0.29, 0.717) is 26.2 Å².